The van der Waals surface area contributed by atoms with E-state index in [4.69, 9.17) is 5.53 Å². The van der Waals surface area contributed by atoms with Crippen molar-refractivity contribution in [3.63, 3.8) is 0 Å². The van der Waals surface area contributed by atoms with Crippen LogP contribution in [0.1, 0.15) is 40.0 Å². The molecule has 1 heterocycles. The maximum Gasteiger partial charge on any atom is 0.253 e. The molecule has 3 aromatic carbocycles. The SMILES string of the molecule is CNC(=O)C(CCCCNC(=O)c1ccc(P(c2ccccc2)c2ccccc2)cc1)NC(=O)c1ccc(N=N)nc1. The van der Waals surface area contributed by atoms with Crippen LogP contribution in [0.2, 0.25) is 0 Å². The first kappa shape index (κ1) is 30.2. The van der Waals surface area contributed by atoms with Crippen LogP contribution in [0, 0.1) is 5.53 Å². The molecule has 1 atom stereocenters. The molecule has 0 aliphatic rings. The monoisotopic (exact) mass is 580 g/mol. The Morgan fingerprint density at radius 3 is 1.93 bits per heavy atom. The van der Waals surface area contributed by atoms with Crippen LogP contribution in [0.25, 0.3) is 0 Å². The van der Waals surface area contributed by atoms with E-state index in [0.717, 1.165) is 0 Å². The lowest BCUT2D eigenvalue weighted by Gasteiger charge is -2.19. The lowest BCUT2D eigenvalue weighted by molar-refractivity contribution is -0.122. The number of unbranched alkanes of at least 4 members (excludes halogenated alkanes) is 1. The quantitative estimate of drug-likeness (QED) is 0.108. The number of hydrogen-bond acceptors (Lipinski definition) is 6. The third kappa shape index (κ3) is 8.15. The van der Waals surface area contributed by atoms with Crippen molar-refractivity contribution in [1.82, 2.24) is 20.9 Å². The van der Waals surface area contributed by atoms with E-state index in [1.54, 1.807) is 0 Å². The number of carbonyl (C=O) groups is 3. The maximum atomic E-state index is 12.8. The summed E-state index contributed by atoms with van der Waals surface area (Å²) in [6.07, 6.45) is 2.98. The van der Waals surface area contributed by atoms with E-state index in [0.29, 0.717) is 31.4 Å². The lowest BCUT2D eigenvalue weighted by Crippen LogP contribution is -2.45. The Hall–Kier alpha value is -4.75. The zero-order valence-electron chi connectivity index (χ0n) is 23.3. The van der Waals surface area contributed by atoms with Crippen LogP contribution in [-0.2, 0) is 4.79 Å². The zero-order chi connectivity index (χ0) is 29.7. The zero-order valence-corrected chi connectivity index (χ0v) is 24.2. The van der Waals surface area contributed by atoms with E-state index in [1.807, 2.05) is 60.7 Å². The van der Waals surface area contributed by atoms with Crippen molar-refractivity contribution in [3.05, 3.63) is 114 Å². The van der Waals surface area contributed by atoms with Gasteiger partial charge in [-0.15, -0.1) is 5.11 Å². The highest BCUT2D eigenvalue weighted by Crippen LogP contribution is 2.32. The van der Waals surface area contributed by atoms with Gasteiger partial charge in [-0.2, -0.15) is 0 Å². The Balaban J connectivity index is 1.29. The Labute approximate surface area is 246 Å². The summed E-state index contributed by atoms with van der Waals surface area (Å²) in [4.78, 5) is 41.6. The number of benzene rings is 3. The third-order valence-corrected chi connectivity index (χ3v) is 9.06. The fourth-order valence-electron chi connectivity index (χ4n) is 4.41. The van der Waals surface area contributed by atoms with E-state index in [2.05, 4.69) is 50.3 Å². The summed E-state index contributed by atoms with van der Waals surface area (Å²) < 4.78 is 0. The van der Waals surface area contributed by atoms with Gasteiger partial charge in [-0.05, 0) is 67.4 Å². The average molecular weight is 581 g/mol. The Morgan fingerprint density at radius 2 is 1.38 bits per heavy atom. The number of nitrogens with zero attached hydrogens (tertiary/aromatic N) is 2. The van der Waals surface area contributed by atoms with Crippen molar-refractivity contribution in [1.29, 1.82) is 5.53 Å². The number of pyridine rings is 1. The predicted molar refractivity (Wildman–Crippen MR) is 166 cm³/mol. The van der Waals surface area contributed by atoms with Gasteiger partial charge in [0.2, 0.25) is 5.91 Å². The molecule has 0 aliphatic carbocycles. The van der Waals surface area contributed by atoms with Crippen LogP contribution in [0.3, 0.4) is 0 Å². The summed E-state index contributed by atoms with van der Waals surface area (Å²) in [5, 5.41) is 15.1. The molecule has 4 aromatic rings. The molecule has 0 aliphatic heterocycles. The van der Waals surface area contributed by atoms with Crippen molar-refractivity contribution in [2.24, 2.45) is 5.11 Å². The molecule has 214 valence electrons. The summed E-state index contributed by atoms with van der Waals surface area (Å²) >= 11 is 0. The summed E-state index contributed by atoms with van der Waals surface area (Å²) in [6, 6.07) is 30.8. The van der Waals surface area contributed by atoms with E-state index in [-0.39, 0.29) is 23.2 Å². The van der Waals surface area contributed by atoms with Crippen LogP contribution in [0.5, 0.6) is 0 Å². The minimum atomic E-state index is -0.740. The predicted octanol–water partition coefficient (Wildman–Crippen LogP) is 3.95. The lowest BCUT2D eigenvalue weighted by atomic mass is 10.1. The van der Waals surface area contributed by atoms with E-state index >= 15 is 0 Å². The first-order valence-corrected chi connectivity index (χ1v) is 15.0. The molecule has 0 spiro atoms. The number of amides is 3. The number of aromatic nitrogens is 1. The number of hydrogen-bond donors (Lipinski definition) is 4. The van der Waals surface area contributed by atoms with Crippen LogP contribution < -0.4 is 31.9 Å². The molecule has 1 aromatic heterocycles. The molecule has 0 saturated carbocycles. The number of rotatable bonds is 13. The fourth-order valence-corrected chi connectivity index (χ4v) is 6.69. The highest BCUT2D eigenvalue weighted by molar-refractivity contribution is 7.79. The second kappa shape index (κ2) is 15.3. The molecule has 3 amide bonds. The smallest absolute Gasteiger partial charge is 0.253 e. The van der Waals surface area contributed by atoms with Crippen molar-refractivity contribution in [2.45, 2.75) is 25.3 Å². The second-order valence-corrected chi connectivity index (χ2v) is 11.7. The standard InChI is InChI=1S/C32H33N6O3P/c1-34-32(41)28(37-31(40)24-17-20-29(38-33)36-22-24)14-8-9-21-35-30(39)23-15-18-27(19-16-23)42(25-10-4-2-5-11-25)26-12-6-3-7-13-26/h2-7,10-13,15-20,22,28,33H,8-9,14,21H2,1H3,(H,34,41)(H,35,39)(H,37,40). The number of carbonyl (C=O) groups excluding carboxylic acids is 3. The number of nitrogens with one attached hydrogen (secondary N) is 4. The minimum absolute atomic E-state index is 0.156. The Kier molecular flexibility index (Phi) is 11.0. The van der Waals surface area contributed by atoms with Gasteiger partial charge in [0.15, 0.2) is 5.82 Å². The molecule has 10 heteroatoms. The van der Waals surface area contributed by atoms with Crippen molar-refractivity contribution in [2.75, 3.05) is 13.6 Å². The second-order valence-electron chi connectivity index (χ2n) is 9.46. The molecule has 9 nitrogen and oxygen atoms in total. The topological polar surface area (TPSA) is 136 Å². The molecule has 1 unspecified atom stereocenters. The Morgan fingerprint density at radius 1 is 0.786 bits per heavy atom. The largest absolute Gasteiger partial charge is 0.357 e. The van der Waals surface area contributed by atoms with Crippen LogP contribution in [0.4, 0.5) is 5.82 Å². The summed E-state index contributed by atoms with van der Waals surface area (Å²) in [6.45, 7) is 0.442. The van der Waals surface area contributed by atoms with Crippen molar-refractivity contribution < 1.29 is 14.4 Å². The summed E-state index contributed by atoms with van der Waals surface area (Å²) in [5.74, 6) is -0.703. The molecule has 4 N–H and O–H groups in total. The van der Waals surface area contributed by atoms with Crippen LogP contribution >= 0.6 is 7.92 Å². The molecule has 0 fully saturated rings. The van der Waals surface area contributed by atoms with Gasteiger partial charge in [0.1, 0.15) is 6.04 Å². The number of likely N-dealkylation sites (N-methyl/N-ethyl adjacent to an activating group) is 1. The van der Waals surface area contributed by atoms with Gasteiger partial charge in [-0.1, -0.05) is 72.8 Å². The van der Waals surface area contributed by atoms with E-state index in [9.17, 15) is 14.4 Å². The molecular weight excluding hydrogens is 547 g/mol. The summed E-state index contributed by atoms with van der Waals surface area (Å²) in [7, 11) is 0.776. The maximum absolute atomic E-state index is 12.8. The summed E-state index contributed by atoms with van der Waals surface area (Å²) in [5.41, 5.74) is 7.83. The van der Waals surface area contributed by atoms with Gasteiger partial charge < -0.3 is 16.0 Å². The highest BCUT2D eigenvalue weighted by atomic mass is 31.1. The molecule has 4 rings (SSSR count). The van der Waals surface area contributed by atoms with Gasteiger partial charge in [0.25, 0.3) is 11.8 Å². The molecule has 0 bridgehead atoms. The van der Waals surface area contributed by atoms with Crippen LogP contribution in [-0.4, -0.2) is 42.3 Å². The van der Waals surface area contributed by atoms with Crippen LogP contribution in [0.15, 0.2) is 108 Å². The van der Waals surface area contributed by atoms with Crippen molar-refractivity contribution in [3.8, 4) is 0 Å². The van der Waals surface area contributed by atoms with E-state index < -0.39 is 19.9 Å². The first-order chi connectivity index (χ1) is 20.5. The van der Waals surface area contributed by atoms with E-state index in [1.165, 1.54) is 41.3 Å². The van der Waals surface area contributed by atoms with Gasteiger partial charge in [-0.3, -0.25) is 14.4 Å². The van der Waals surface area contributed by atoms with Gasteiger partial charge >= 0.3 is 0 Å². The molecular formula is C32H33N6O3P. The highest BCUT2D eigenvalue weighted by Gasteiger charge is 2.21. The van der Waals surface area contributed by atoms with Gasteiger partial charge in [0.05, 0.1) is 5.56 Å². The van der Waals surface area contributed by atoms with Gasteiger partial charge in [0, 0.05) is 25.4 Å². The minimum Gasteiger partial charge on any atom is -0.357 e. The average Bonchev–Trinajstić information content (AvgIpc) is 3.05. The molecule has 0 saturated heterocycles. The molecule has 0 radical (unpaired) electrons. The van der Waals surface area contributed by atoms with Crippen molar-refractivity contribution >= 4 is 47.4 Å². The van der Waals surface area contributed by atoms with Gasteiger partial charge in [-0.25, -0.2) is 10.5 Å². The molecule has 42 heavy (non-hydrogen) atoms. The fraction of sp³-hybridized carbons (Fsp3) is 0.188. The Bertz CT molecular complexity index is 1440. The third-order valence-electron chi connectivity index (χ3n) is 6.61. The normalized spacial score (nSPS) is 11.4. The first-order valence-electron chi connectivity index (χ1n) is 13.6.